The van der Waals surface area contributed by atoms with Gasteiger partial charge in [0.15, 0.2) is 0 Å². The molecular formula is C10H23N. The summed E-state index contributed by atoms with van der Waals surface area (Å²) < 4.78 is 0. The molecule has 0 aromatic rings. The normalized spacial score (nSPS) is 16.4. The lowest BCUT2D eigenvalue weighted by atomic mass is 9.86. The van der Waals surface area contributed by atoms with Gasteiger partial charge in [0.05, 0.1) is 0 Å². The van der Waals surface area contributed by atoms with E-state index in [1.54, 1.807) is 0 Å². The van der Waals surface area contributed by atoms with Crippen LogP contribution in [-0.2, 0) is 0 Å². The molecule has 0 aromatic carbocycles. The fourth-order valence-corrected chi connectivity index (χ4v) is 1.80. The van der Waals surface area contributed by atoms with Crippen LogP contribution >= 0.6 is 0 Å². The Kier molecular flexibility index (Phi) is 6.63. The average molecular weight is 157 g/mol. The summed E-state index contributed by atoms with van der Waals surface area (Å²) in [7, 11) is 0. The van der Waals surface area contributed by atoms with E-state index in [0.717, 1.165) is 18.4 Å². The largest absolute Gasteiger partial charge is 0.330 e. The van der Waals surface area contributed by atoms with Gasteiger partial charge in [0.1, 0.15) is 0 Å². The quantitative estimate of drug-likeness (QED) is 0.630. The van der Waals surface area contributed by atoms with Crippen LogP contribution in [0.25, 0.3) is 0 Å². The maximum atomic E-state index is 5.54. The Morgan fingerprint density at radius 1 is 1.18 bits per heavy atom. The fourth-order valence-electron chi connectivity index (χ4n) is 1.80. The minimum Gasteiger partial charge on any atom is -0.330 e. The fraction of sp³-hybridized carbons (Fsp3) is 1.00. The zero-order valence-corrected chi connectivity index (χ0v) is 8.27. The van der Waals surface area contributed by atoms with Crippen LogP contribution in [0, 0.1) is 11.8 Å². The summed E-state index contributed by atoms with van der Waals surface area (Å²) in [5.41, 5.74) is 5.54. The first-order chi connectivity index (χ1) is 5.26. The molecule has 2 N–H and O–H groups in total. The Bertz CT molecular complexity index is 80.9. The SMILES string of the molecule is CCCC(C)C(CC)CCN. The highest BCUT2D eigenvalue weighted by molar-refractivity contribution is 4.65. The van der Waals surface area contributed by atoms with Crippen LogP contribution in [-0.4, -0.2) is 6.54 Å². The van der Waals surface area contributed by atoms with Gasteiger partial charge in [-0.15, -0.1) is 0 Å². The van der Waals surface area contributed by atoms with Gasteiger partial charge in [-0.1, -0.05) is 40.0 Å². The molecule has 0 heterocycles. The molecule has 0 rings (SSSR count). The molecule has 0 fully saturated rings. The predicted octanol–water partition coefficient (Wildman–Crippen LogP) is 2.80. The highest BCUT2D eigenvalue weighted by atomic mass is 14.5. The third kappa shape index (κ3) is 4.41. The molecule has 0 aliphatic rings. The van der Waals surface area contributed by atoms with Gasteiger partial charge in [0, 0.05) is 0 Å². The van der Waals surface area contributed by atoms with E-state index in [0.29, 0.717) is 0 Å². The lowest BCUT2D eigenvalue weighted by molar-refractivity contribution is 0.310. The van der Waals surface area contributed by atoms with Gasteiger partial charge in [-0.3, -0.25) is 0 Å². The lowest BCUT2D eigenvalue weighted by Gasteiger charge is -2.21. The highest BCUT2D eigenvalue weighted by Crippen LogP contribution is 2.22. The van der Waals surface area contributed by atoms with Crippen molar-refractivity contribution in [3.05, 3.63) is 0 Å². The third-order valence-corrected chi connectivity index (χ3v) is 2.61. The van der Waals surface area contributed by atoms with Crippen LogP contribution < -0.4 is 5.73 Å². The molecule has 0 saturated carbocycles. The van der Waals surface area contributed by atoms with E-state index in [-0.39, 0.29) is 0 Å². The Labute approximate surface area is 71.4 Å². The summed E-state index contributed by atoms with van der Waals surface area (Å²) in [5, 5.41) is 0. The molecule has 0 bridgehead atoms. The second-order valence-corrected chi connectivity index (χ2v) is 3.51. The summed E-state index contributed by atoms with van der Waals surface area (Å²) in [6.07, 6.45) is 5.16. The number of rotatable bonds is 6. The molecule has 68 valence electrons. The zero-order valence-electron chi connectivity index (χ0n) is 8.27. The molecule has 1 heteroatoms. The maximum Gasteiger partial charge on any atom is -0.00745 e. The van der Waals surface area contributed by atoms with E-state index in [4.69, 9.17) is 5.73 Å². The molecule has 0 aliphatic carbocycles. The molecule has 1 nitrogen and oxygen atoms in total. The summed E-state index contributed by atoms with van der Waals surface area (Å²) in [6.45, 7) is 7.73. The molecule has 0 saturated heterocycles. The van der Waals surface area contributed by atoms with Crippen LogP contribution in [0.4, 0.5) is 0 Å². The van der Waals surface area contributed by atoms with Crippen molar-refractivity contribution in [2.45, 2.75) is 46.5 Å². The van der Waals surface area contributed by atoms with Gasteiger partial charge in [0.25, 0.3) is 0 Å². The summed E-state index contributed by atoms with van der Waals surface area (Å²) in [4.78, 5) is 0. The first-order valence-corrected chi connectivity index (χ1v) is 4.96. The van der Waals surface area contributed by atoms with E-state index < -0.39 is 0 Å². The van der Waals surface area contributed by atoms with E-state index in [9.17, 15) is 0 Å². The van der Waals surface area contributed by atoms with Crippen molar-refractivity contribution in [3.63, 3.8) is 0 Å². The topological polar surface area (TPSA) is 26.0 Å². The van der Waals surface area contributed by atoms with Crippen molar-refractivity contribution >= 4 is 0 Å². The molecule has 11 heavy (non-hydrogen) atoms. The van der Waals surface area contributed by atoms with Crippen LogP contribution in [0.3, 0.4) is 0 Å². The van der Waals surface area contributed by atoms with Crippen LogP contribution in [0.15, 0.2) is 0 Å². The lowest BCUT2D eigenvalue weighted by Crippen LogP contribution is -2.15. The number of hydrogen-bond donors (Lipinski definition) is 1. The van der Waals surface area contributed by atoms with Crippen molar-refractivity contribution in [2.24, 2.45) is 17.6 Å². The molecule has 0 aliphatic heterocycles. The zero-order chi connectivity index (χ0) is 8.69. The molecule has 0 spiro atoms. The molecule has 0 aromatic heterocycles. The molecule has 0 radical (unpaired) electrons. The van der Waals surface area contributed by atoms with E-state index in [2.05, 4.69) is 20.8 Å². The second-order valence-electron chi connectivity index (χ2n) is 3.51. The van der Waals surface area contributed by atoms with Crippen molar-refractivity contribution in [2.75, 3.05) is 6.54 Å². The highest BCUT2D eigenvalue weighted by Gasteiger charge is 2.12. The van der Waals surface area contributed by atoms with Crippen molar-refractivity contribution < 1.29 is 0 Å². The third-order valence-electron chi connectivity index (χ3n) is 2.61. The second kappa shape index (κ2) is 6.66. The monoisotopic (exact) mass is 157 g/mol. The van der Waals surface area contributed by atoms with Crippen LogP contribution in [0.1, 0.15) is 46.5 Å². The minimum absolute atomic E-state index is 0.854. The van der Waals surface area contributed by atoms with Gasteiger partial charge in [0.2, 0.25) is 0 Å². The number of nitrogens with two attached hydrogens (primary N) is 1. The minimum atomic E-state index is 0.854. The van der Waals surface area contributed by atoms with Gasteiger partial charge < -0.3 is 5.73 Å². The standard InChI is InChI=1S/C10H23N/c1-4-6-9(3)10(5-2)7-8-11/h9-10H,4-8,11H2,1-3H3. The Morgan fingerprint density at radius 3 is 2.18 bits per heavy atom. The number of hydrogen-bond acceptors (Lipinski definition) is 1. The van der Waals surface area contributed by atoms with Gasteiger partial charge in [-0.25, -0.2) is 0 Å². The first kappa shape index (κ1) is 11.0. The van der Waals surface area contributed by atoms with E-state index in [1.165, 1.54) is 25.7 Å². The first-order valence-electron chi connectivity index (χ1n) is 4.96. The van der Waals surface area contributed by atoms with Gasteiger partial charge in [-0.05, 0) is 24.8 Å². The Morgan fingerprint density at radius 2 is 1.82 bits per heavy atom. The van der Waals surface area contributed by atoms with Crippen molar-refractivity contribution in [1.29, 1.82) is 0 Å². The van der Waals surface area contributed by atoms with Gasteiger partial charge in [-0.2, -0.15) is 0 Å². The smallest absolute Gasteiger partial charge is 0.00745 e. The summed E-state index contributed by atoms with van der Waals surface area (Å²) >= 11 is 0. The maximum absolute atomic E-state index is 5.54. The van der Waals surface area contributed by atoms with E-state index >= 15 is 0 Å². The van der Waals surface area contributed by atoms with Crippen LogP contribution in [0.2, 0.25) is 0 Å². The molecular weight excluding hydrogens is 134 g/mol. The molecule has 2 unspecified atom stereocenters. The Balaban J connectivity index is 3.61. The summed E-state index contributed by atoms with van der Waals surface area (Å²) in [6, 6.07) is 0. The van der Waals surface area contributed by atoms with Crippen LogP contribution in [0.5, 0.6) is 0 Å². The van der Waals surface area contributed by atoms with E-state index in [1.807, 2.05) is 0 Å². The summed E-state index contributed by atoms with van der Waals surface area (Å²) in [5.74, 6) is 1.73. The Hall–Kier alpha value is -0.0400. The average Bonchev–Trinajstić information content (AvgIpc) is 2.00. The van der Waals surface area contributed by atoms with Crippen molar-refractivity contribution in [3.8, 4) is 0 Å². The van der Waals surface area contributed by atoms with Gasteiger partial charge >= 0.3 is 0 Å². The van der Waals surface area contributed by atoms with Crippen molar-refractivity contribution in [1.82, 2.24) is 0 Å². The predicted molar refractivity (Wildman–Crippen MR) is 51.5 cm³/mol. The molecule has 0 amide bonds. The molecule has 2 atom stereocenters.